The molecular formula is C39H43N3O10S. The van der Waals surface area contributed by atoms with Gasteiger partial charge in [-0.2, -0.15) is 0 Å². The maximum atomic E-state index is 14.7. The van der Waals surface area contributed by atoms with Crippen molar-refractivity contribution in [1.29, 1.82) is 0 Å². The van der Waals surface area contributed by atoms with Crippen LogP contribution in [0.5, 0.6) is 40.2 Å². The van der Waals surface area contributed by atoms with Gasteiger partial charge in [0.1, 0.15) is 12.4 Å². The number of carbonyl (C=O) groups excluding carboxylic acids is 2. The quantitative estimate of drug-likeness (QED) is 0.261. The molecule has 0 aromatic heterocycles. The predicted octanol–water partition coefficient (Wildman–Crippen LogP) is 4.09. The third kappa shape index (κ3) is 4.81. The number of nitrogens with one attached hydrogen (secondary N) is 1. The number of nitrogens with zero attached hydrogens (tertiary/aromatic N) is 2. The molecule has 3 aromatic carbocycles. The van der Waals surface area contributed by atoms with Crippen molar-refractivity contribution in [2.75, 3.05) is 53.5 Å². The van der Waals surface area contributed by atoms with Gasteiger partial charge in [0, 0.05) is 60.1 Å². The summed E-state index contributed by atoms with van der Waals surface area (Å²) >= 11 is 1.58. The molecule has 1 spiro atoms. The third-order valence-corrected chi connectivity index (χ3v) is 13.7. The molecule has 3 N–H and O–H groups in total. The highest BCUT2D eigenvalue weighted by Gasteiger charge is 2.59. The van der Waals surface area contributed by atoms with Crippen LogP contribution in [-0.4, -0.2) is 97.5 Å². The van der Waals surface area contributed by atoms with Crippen LogP contribution >= 0.6 is 11.8 Å². The normalized spacial score (nSPS) is 28.3. The molecule has 10 rings (SSSR count). The van der Waals surface area contributed by atoms with Crippen LogP contribution in [0, 0.1) is 13.8 Å². The minimum Gasteiger partial charge on any atom is -0.504 e. The van der Waals surface area contributed by atoms with Crippen LogP contribution in [0.2, 0.25) is 0 Å². The third-order valence-electron chi connectivity index (χ3n) is 12.2. The average molecular weight is 746 g/mol. The highest BCUT2D eigenvalue weighted by atomic mass is 32.2. The number of likely N-dealkylation sites (N-methyl/N-ethyl adjacent to an activating group) is 1. The number of benzene rings is 3. The summed E-state index contributed by atoms with van der Waals surface area (Å²) in [6.45, 7) is 6.33. The van der Waals surface area contributed by atoms with Gasteiger partial charge < -0.3 is 38.6 Å². The van der Waals surface area contributed by atoms with Crippen molar-refractivity contribution in [1.82, 2.24) is 15.1 Å². The first-order valence-electron chi connectivity index (χ1n) is 17.9. The van der Waals surface area contributed by atoms with Crippen molar-refractivity contribution >= 4 is 23.7 Å². The fourth-order valence-corrected chi connectivity index (χ4v) is 11.6. The van der Waals surface area contributed by atoms with Crippen LogP contribution in [0.1, 0.15) is 68.8 Å². The minimum atomic E-state index is -1.29. The van der Waals surface area contributed by atoms with E-state index in [0.717, 1.165) is 33.4 Å². The molecular weight excluding hydrogens is 703 g/mol. The maximum absolute atomic E-state index is 14.7. The van der Waals surface area contributed by atoms with Gasteiger partial charge in [0.15, 0.2) is 40.0 Å². The number of methoxy groups -OCH3 is 2. The largest absolute Gasteiger partial charge is 0.504 e. The molecule has 2 fully saturated rings. The van der Waals surface area contributed by atoms with Crippen molar-refractivity contribution in [2.45, 2.75) is 68.6 Å². The molecule has 53 heavy (non-hydrogen) atoms. The maximum Gasteiger partial charge on any atom is 0.331 e. The van der Waals surface area contributed by atoms with E-state index in [1.54, 1.807) is 31.0 Å². The van der Waals surface area contributed by atoms with Gasteiger partial charge in [0.25, 0.3) is 0 Å². The summed E-state index contributed by atoms with van der Waals surface area (Å²) in [6.07, 6.45) is 1.31. The van der Waals surface area contributed by atoms with Gasteiger partial charge in [-0.25, -0.2) is 4.79 Å². The molecule has 13 nitrogen and oxygen atoms in total. The number of piperazine rings is 1. The van der Waals surface area contributed by atoms with Crippen LogP contribution in [0.3, 0.4) is 0 Å². The molecule has 7 aliphatic heterocycles. The number of aromatic hydroxyl groups is 2. The van der Waals surface area contributed by atoms with Crippen molar-refractivity contribution in [2.24, 2.45) is 0 Å². The first-order valence-corrected chi connectivity index (χ1v) is 19.0. The Morgan fingerprint density at radius 1 is 1.02 bits per heavy atom. The first-order chi connectivity index (χ1) is 25.5. The minimum absolute atomic E-state index is 0.00613. The topological polar surface area (TPSA) is 148 Å². The fraction of sp³-hybridized carbons (Fsp3) is 0.487. The Morgan fingerprint density at radius 2 is 1.81 bits per heavy atom. The molecule has 4 bridgehead atoms. The molecule has 2 saturated heterocycles. The standard InChI is InChI=1S/C39H43N3O10S/c1-17-9-21-10-22-13-42-24-14-49-38(46)39(23-12-26(47-5)25(44)11-20(23)7-8-40-39)15-53-37(31(42)30(41(22)4)27(21)32(45)33(17)48-6)29-28(24)36-35(50-16-51-36)18(2)34(29)52-19(3)43/h9,11-12,22,24,30-31,37,40,44-45H,7-8,10,13-16H2,1-6H3/t22-,24+,30?,31?,37-,39-/m1/s1. The summed E-state index contributed by atoms with van der Waals surface area (Å²) < 4.78 is 36.2. The fourth-order valence-electron chi connectivity index (χ4n) is 9.92. The van der Waals surface area contributed by atoms with E-state index in [2.05, 4.69) is 28.2 Å². The lowest BCUT2D eigenvalue weighted by Crippen LogP contribution is -2.65. The van der Waals surface area contributed by atoms with E-state index in [4.69, 9.17) is 28.4 Å². The Kier molecular flexibility index (Phi) is 8.01. The van der Waals surface area contributed by atoms with Crippen LogP contribution in [0.25, 0.3) is 0 Å². The number of esters is 2. The summed E-state index contributed by atoms with van der Waals surface area (Å²) in [5.41, 5.74) is 5.22. The zero-order chi connectivity index (χ0) is 37.1. The van der Waals surface area contributed by atoms with Gasteiger partial charge in [-0.3, -0.25) is 19.9 Å². The molecule has 7 heterocycles. The Labute approximate surface area is 311 Å². The zero-order valence-corrected chi connectivity index (χ0v) is 31.3. The number of hydrogen-bond donors (Lipinski definition) is 3. The van der Waals surface area contributed by atoms with Crippen LogP contribution in [0.15, 0.2) is 18.2 Å². The van der Waals surface area contributed by atoms with Crippen LogP contribution in [0.4, 0.5) is 0 Å². The molecule has 280 valence electrons. The first kappa shape index (κ1) is 34.4. The number of phenolic OH excluding ortho intramolecular Hbond substituents is 2. The monoisotopic (exact) mass is 745 g/mol. The van der Waals surface area contributed by atoms with Gasteiger partial charge >= 0.3 is 11.9 Å². The smallest absolute Gasteiger partial charge is 0.331 e. The molecule has 0 amide bonds. The van der Waals surface area contributed by atoms with E-state index in [1.807, 2.05) is 13.8 Å². The van der Waals surface area contributed by atoms with Gasteiger partial charge in [0.2, 0.25) is 6.79 Å². The van der Waals surface area contributed by atoms with Crippen LogP contribution in [-0.2, 0) is 32.7 Å². The van der Waals surface area contributed by atoms with Crippen molar-refractivity contribution < 1.29 is 48.2 Å². The summed E-state index contributed by atoms with van der Waals surface area (Å²) in [6, 6.07) is 4.51. The van der Waals surface area contributed by atoms with Gasteiger partial charge in [-0.05, 0) is 68.1 Å². The lowest BCUT2D eigenvalue weighted by atomic mass is 9.73. The average Bonchev–Trinajstić information content (AvgIpc) is 3.61. The highest BCUT2D eigenvalue weighted by molar-refractivity contribution is 7.99. The number of aryl methyl sites for hydroxylation is 1. The number of rotatable bonds is 3. The summed E-state index contributed by atoms with van der Waals surface area (Å²) in [5, 5.41) is 25.8. The van der Waals surface area contributed by atoms with Gasteiger partial charge in [-0.15, -0.1) is 11.8 Å². The Balaban J connectivity index is 1.30. The summed E-state index contributed by atoms with van der Waals surface area (Å²) in [5.74, 6) is 1.66. The second-order valence-electron chi connectivity index (χ2n) is 14.9. The molecule has 6 atom stereocenters. The number of phenols is 2. The van der Waals surface area contributed by atoms with Crippen molar-refractivity contribution in [3.8, 4) is 40.2 Å². The second-order valence-corrected chi connectivity index (χ2v) is 16.0. The number of carbonyl (C=O) groups is 2. The Hall–Kier alpha value is -4.37. The molecule has 0 saturated carbocycles. The number of ether oxygens (including phenoxy) is 6. The molecule has 3 aromatic rings. The lowest BCUT2D eigenvalue weighted by molar-refractivity contribution is -0.156. The lowest BCUT2D eigenvalue weighted by Gasteiger charge is -2.60. The summed E-state index contributed by atoms with van der Waals surface area (Å²) in [7, 11) is 5.17. The molecule has 7 aliphatic rings. The number of thioether (sulfide) groups is 1. The van der Waals surface area contributed by atoms with Crippen molar-refractivity contribution in [3.05, 3.63) is 62.7 Å². The molecule has 0 radical (unpaired) electrons. The highest BCUT2D eigenvalue weighted by Crippen LogP contribution is 2.63. The molecule has 0 aliphatic carbocycles. The van der Waals surface area contributed by atoms with Crippen molar-refractivity contribution in [3.63, 3.8) is 0 Å². The predicted molar refractivity (Wildman–Crippen MR) is 193 cm³/mol. The SMILES string of the molecule is COc1cc2c(cc1O)CCN[C@]21CS[C@@H]2c3c(OC(C)=O)c(C)c4c(c3[C@H](COC1=O)N1C[C@H]3Cc5cc(C)c(OC)c(O)c5C(C21)N3C)OCO4. The van der Waals surface area contributed by atoms with Crippen LogP contribution < -0.4 is 29.0 Å². The van der Waals surface area contributed by atoms with E-state index in [-0.39, 0.29) is 54.5 Å². The molecule has 2 unspecified atom stereocenters. The van der Waals surface area contributed by atoms with E-state index in [1.165, 1.54) is 14.0 Å². The second kappa shape index (κ2) is 12.3. The Bertz CT molecular complexity index is 2090. The van der Waals surface area contributed by atoms with E-state index in [0.29, 0.717) is 60.1 Å². The number of hydrogen-bond acceptors (Lipinski definition) is 14. The number of fused-ring (bicyclic) bond motifs is 9. The van der Waals surface area contributed by atoms with E-state index < -0.39 is 28.8 Å². The van der Waals surface area contributed by atoms with E-state index in [9.17, 15) is 19.8 Å². The van der Waals surface area contributed by atoms with E-state index >= 15 is 0 Å². The molecule has 14 heteroatoms. The van der Waals surface area contributed by atoms with Gasteiger partial charge in [-0.1, -0.05) is 6.07 Å². The van der Waals surface area contributed by atoms with Gasteiger partial charge in [0.05, 0.1) is 31.6 Å². The summed E-state index contributed by atoms with van der Waals surface area (Å²) in [4.78, 5) is 32.3. The Morgan fingerprint density at radius 3 is 2.57 bits per heavy atom. The zero-order valence-electron chi connectivity index (χ0n) is 30.5.